The fourth-order valence-electron chi connectivity index (χ4n) is 2.16. The van der Waals surface area contributed by atoms with E-state index in [2.05, 4.69) is 11.9 Å². The smallest absolute Gasteiger partial charge is 0.311 e. The van der Waals surface area contributed by atoms with Crippen molar-refractivity contribution in [3.8, 4) is 0 Å². The molecule has 0 spiro atoms. The number of unbranched alkanes of at least 4 members (excludes halogenated alkanes) is 1. The van der Waals surface area contributed by atoms with Crippen LogP contribution in [0.3, 0.4) is 0 Å². The highest BCUT2D eigenvalue weighted by Crippen LogP contribution is 2.20. The van der Waals surface area contributed by atoms with Crippen molar-refractivity contribution in [3.05, 3.63) is 0 Å². The molecule has 3 heteroatoms. The molecule has 0 N–H and O–H groups in total. The van der Waals surface area contributed by atoms with Crippen molar-refractivity contribution >= 4 is 11.7 Å². The zero-order valence-corrected chi connectivity index (χ0v) is 11.2. The summed E-state index contributed by atoms with van der Waals surface area (Å²) in [4.78, 5) is 16.1. The molecule has 0 aromatic heterocycles. The van der Waals surface area contributed by atoms with Crippen molar-refractivity contribution in [2.24, 2.45) is 4.99 Å². The lowest BCUT2D eigenvalue weighted by Crippen LogP contribution is -2.15. The molecule has 0 aliphatic heterocycles. The van der Waals surface area contributed by atoms with Gasteiger partial charge in [-0.25, -0.2) is 0 Å². The third-order valence-corrected chi connectivity index (χ3v) is 3.14. The van der Waals surface area contributed by atoms with Gasteiger partial charge < -0.3 is 4.74 Å². The average Bonchev–Trinajstić information content (AvgIpc) is 2.30. The van der Waals surface area contributed by atoms with Crippen LogP contribution < -0.4 is 0 Å². The third kappa shape index (κ3) is 6.44. The quantitative estimate of drug-likeness (QED) is 0.404. The number of esters is 1. The van der Waals surface area contributed by atoms with Crippen LogP contribution in [0.5, 0.6) is 0 Å². The number of hydrogen-bond donors (Lipinski definition) is 0. The van der Waals surface area contributed by atoms with E-state index in [9.17, 15) is 4.79 Å². The molecule has 3 nitrogen and oxygen atoms in total. The molecule has 98 valence electrons. The Morgan fingerprint density at radius 2 is 2.00 bits per heavy atom. The SMILES string of the molecule is CCCCOC(=O)CC(C)=NC1CCCCC1. The second kappa shape index (κ2) is 8.26. The molecule has 0 amide bonds. The van der Waals surface area contributed by atoms with Crippen LogP contribution in [0, 0.1) is 0 Å². The second-order valence-corrected chi connectivity index (χ2v) is 4.91. The lowest BCUT2D eigenvalue weighted by molar-refractivity contribution is -0.142. The lowest BCUT2D eigenvalue weighted by atomic mass is 9.96. The summed E-state index contributed by atoms with van der Waals surface area (Å²) < 4.78 is 5.12. The van der Waals surface area contributed by atoms with Gasteiger partial charge in [-0.1, -0.05) is 32.6 Å². The highest BCUT2D eigenvalue weighted by atomic mass is 16.5. The Kier molecular flexibility index (Phi) is 6.90. The Labute approximate surface area is 105 Å². The van der Waals surface area contributed by atoms with E-state index in [1.807, 2.05) is 6.92 Å². The van der Waals surface area contributed by atoms with E-state index in [1.54, 1.807) is 0 Å². The van der Waals surface area contributed by atoms with Crippen molar-refractivity contribution < 1.29 is 9.53 Å². The van der Waals surface area contributed by atoms with Gasteiger partial charge in [0.15, 0.2) is 0 Å². The molecule has 1 aliphatic carbocycles. The Morgan fingerprint density at radius 3 is 2.65 bits per heavy atom. The summed E-state index contributed by atoms with van der Waals surface area (Å²) in [5.41, 5.74) is 0.929. The Bertz CT molecular complexity index is 255. The van der Waals surface area contributed by atoms with Gasteiger partial charge in [0.25, 0.3) is 0 Å². The predicted octanol–water partition coefficient (Wildman–Crippen LogP) is 3.51. The molecule has 0 heterocycles. The largest absolute Gasteiger partial charge is 0.465 e. The molecule has 0 radical (unpaired) electrons. The Morgan fingerprint density at radius 1 is 1.29 bits per heavy atom. The number of hydrogen-bond acceptors (Lipinski definition) is 3. The molecule has 0 unspecified atom stereocenters. The van der Waals surface area contributed by atoms with Gasteiger partial charge in [0.2, 0.25) is 0 Å². The molecule has 0 saturated heterocycles. The van der Waals surface area contributed by atoms with E-state index in [-0.39, 0.29) is 5.97 Å². The van der Waals surface area contributed by atoms with Crippen LogP contribution in [0.15, 0.2) is 4.99 Å². The van der Waals surface area contributed by atoms with Crippen LogP contribution in [0.4, 0.5) is 0 Å². The van der Waals surface area contributed by atoms with Gasteiger partial charge in [-0.05, 0) is 26.2 Å². The summed E-state index contributed by atoms with van der Waals surface area (Å²) in [6, 6.07) is 0.451. The summed E-state index contributed by atoms with van der Waals surface area (Å²) in [7, 11) is 0. The number of carbonyl (C=O) groups is 1. The predicted molar refractivity (Wildman–Crippen MR) is 70.5 cm³/mol. The summed E-state index contributed by atoms with van der Waals surface area (Å²) >= 11 is 0. The summed E-state index contributed by atoms with van der Waals surface area (Å²) in [6.07, 6.45) is 8.63. The first-order chi connectivity index (χ1) is 8.22. The average molecular weight is 239 g/mol. The van der Waals surface area contributed by atoms with Crippen LogP contribution in [-0.4, -0.2) is 24.3 Å². The Hall–Kier alpha value is -0.860. The van der Waals surface area contributed by atoms with Gasteiger partial charge in [0.05, 0.1) is 13.0 Å². The van der Waals surface area contributed by atoms with Crippen molar-refractivity contribution in [2.75, 3.05) is 6.61 Å². The molecular formula is C14H25NO2. The molecule has 17 heavy (non-hydrogen) atoms. The zero-order valence-electron chi connectivity index (χ0n) is 11.2. The summed E-state index contributed by atoms with van der Waals surface area (Å²) in [5.74, 6) is -0.129. The molecule has 0 atom stereocenters. The van der Waals surface area contributed by atoms with Crippen LogP contribution in [0.1, 0.15) is 65.2 Å². The maximum Gasteiger partial charge on any atom is 0.311 e. The number of rotatable bonds is 6. The van der Waals surface area contributed by atoms with Crippen molar-refractivity contribution in [1.29, 1.82) is 0 Å². The normalized spacial score (nSPS) is 18.1. The van der Waals surface area contributed by atoms with Crippen molar-refractivity contribution in [3.63, 3.8) is 0 Å². The molecule has 1 fully saturated rings. The molecule has 1 aliphatic rings. The minimum Gasteiger partial charge on any atom is -0.465 e. The first kappa shape index (κ1) is 14.2. The fraction of sp³-hybridized carbons (Fsp3) is 0.857. The highest BCUT2D eigenvalue weighted by Gasteiger charge is 2.13. The second-order valence-electron chi connectivity index (χ2n) is 4.91. The number of nitrogens with zero attached hydrogens (tertiary/aromatic N) is 1. The molecule has 0 aromatic rings. The van der Waals surface area contributed by atoms with Gasteiger partial charge in [-0.2, -0.15) is 0 Å². The first-order valence-corrected chi connectivity index (χ1v) is 6.91. The minimum atomic E-state index is -0.129. The van der Waals surface area contributed by atoms with Gasteiger partial charge >= 0.3 is 5.97 Å². The molecule has 0 bridgehead atoms. The molecule has 1 saturated carbocycles. The molecule has 1 rings (SSSR count). The maximum absolute atomic E-state index is 11.5. The monoisotopic (exact) mass is 239 g/mol. The van der Waals surface area contributed by atoms with E-state index in [1.165, 1.54) is 32.1 Å². The van der Waals surface area contributed by atoms with Gasteiger partial charge in [0.1, 0.15) is 0 Å². The van der Waals surface area contributed by atoms with Gasteiger partial charge in [-0.15, -0.1) is 0 Å². The number of carbonyl (C=O) groups excluding carboxylic acids is 1. The van der Waals surface area contributed by atoms with Crippen LogP contribution in [0.25, 0.3) is 0 Å². The highest BCUT2D eigenvalue weighted by molar-refractivity contribution is 5.97. The van der Waals surface area contributed by atoms with Crippen LogP contribution in [-0.2, 0) is 9.53 Å². The molecule has 0 aromatic carbocycles. The number of aliphatic imine (C=N–C) groups is 1. The fourth-order valence-corrected chi connectivity index (χ4v) is 2.16. The topological polar surface area (TPSA) is 38.7 Å². The van der Waals surface area contributed by atoms with E-state index in [0.29, 0.717) is 19.1 Å². The minimum absolute atomic E-state index is 0.129. The van der Waals surface area contributed by atoms with Gasteiger partial charge in [0, 0.05) is 11.8 Å². The Balaban J connectivity index is 2.24. The zero-order chi connectivity index (χ0) is 12.5. The van der Waals surface area contributed by atoms with Crippen LogP contribution >= 0.6 is 0 Å². The lowest BCUT2D eigenvalue weighted by Gasteiger charge is -2.18. The van der Waals surface area contributed by atoms with E-state index < -0.39 is 0 Å². The standard InChI is InChI=1S/C14H25NO2/c1-3-4-10-17-14(16)11-12(2)15-13-8-6-5-7-9-13/h13H,3-11H2,1-2H3. The molecular weight excluding hydrogens is 214 g/mol. The van der Waals surface area contributed by atoms with Crippen molar-refractivity contribution in [1.82, 2.24) is 0 Å². The van der Waals surface area contributed by atoms with E-state index in [0.717, 1.165) is 18.6 Å². The summed E-state index contributed by atoms with van der Waals surface area (Å²) in [5, 5.41) is 0. The summed E-state index contributed by atoms with van der Waals surface area (Å²) in [6.45, 7) is 4.57. The van der Waals surface area contributed by atoms with E-state index in [4.69, 9.17) is 4.74 Å². The maximum atomic E-state index is 11.5. The number of ether oxygens (including phenoxy) is 1. The first-order valence-electron chi connectivity index (χ1n) is 6.91. The van der Waals surface area contributed by atoms with E-state index >= 15 is 0 Å². The van der Waals surface area contributed by atoms with Crippen LogP contribution in [0.2, 0.25) is 0 Å². The third-order valence-electron chi connectivity index (χ3n) is 3.14. The van der Waals surface area contributed by atoms with Crippen molar-refractivity contribution in [2.45, 2.75) is 71.3 Å². The van der Waals surface area contributed by atoms with Gasteiger partial charge in [-0.3, -0.25) is 9.79 Å².